The molecule has 0 saturated carbocycles. The van der Waals surface area contributed by atoms with E-state index in [4.69, 9.17) is 28.2 Å². The summed E-state index contributed by atoms with van der Waals surface area (Å²) in [4.78, 5) is 26.5. The number of carbonyl (C=O) groups is 2. The van der Waals surface area contributed by atoms with Crippen molar-refractivity contribution in [3.8, 4) is 11.3 Å². The minimum Gasteiger partial charge on any atom is -0.457 e. The van der Waals surface area contributed by atoms with Crippen molar-refractivity contribution in [1.82, 2.24) is 5.32 Å². The van der Waals surface area contributed by atoms with Gasteiger partial charge < -0.3 is 4.42 Å². The van der Waals surface area contributed by atoms with E-state index in [1.165, 1.54) is 30.3 Å². The van der Waals surface area contributed by atoms with Gasteiger partial charge in [0.25, 0.3) is 11.8 Å². The maximum absolute atomic E-state index is 13.2. The highest BCUT2D eigenvalue weighted by Gasteiger charge is 2.34. The first kappa shape index (κ1) is 20.0. The molecule has 1 aromatic heterocycles. The van der Waals surface area contributed by atoms with Crippen LogP contribution in [0.25, 0.3) is 17.4 Å². The Kier molecular flexibility index (Phi) is 5.24. The Morgan fingerprint density at radius 2 is 1.83 bits per heavy atom. The van der Waals surface area contributed by atoms with Gasteiger partial charge in [0, 0.05) is 10.6 Å². The quantitative estimate of drug-likeness (QED) is 0.358. The van der Waals surface area contributed by atoms with E-state index in [1.807, 2.05) is 13.0 Å². The maximum atomic E-state index is 13.2. The monoisotopic (exact) mass is 440 g/mol. The summed E-state index contributed by atoms with van der Waals surface area (Å²) in [6, 6.07) is 14.0. The fraction of sp³-hybridized carbons (Fsp3) is 0.0455. The highest BCUT2D eigenvalue weighted by atomic mass is 35.5. The number of aryl methyl sites for hydroxylation is 1. The van der Waals surface area contributed by atoms with Crippen LogP contribution in [0.2, 0.25) is 5.02 Å². The molecule has 0 spiro atoms. The number of benzene rings is 2. The van der Waals surface area contributed by atoms with Crippen LogP contribution in [-0.2, 0) is 9.59 Å². The number of amides is 2. The highest BCUT2D eigenvalue weighted by molar-refractivity contribution is 7.80. The molecule has 0 bridgehead atoms. The van der Waals surface area contributed by atoms with Gasteiger partial charge >= 0.3 is 0 Å². The lowest BCUT2D eigenvalue weighted by molar-refractivity contribution is -0.122. The molecule has 5 nitrogen and oxygen atoms in total. The average molecular weight is 441 g/mol. The van der Waals surface area contributed by atoms with Gasteiger partial charge in [-0.15, -0.1) is 0 Å². The Balaban J connectivity index is 1.69. The lowest BCUT2D eigenvalue weighted by Crippen LogP contribution is -2.54. The number of carbonyl (C=O) groups excluding carboxylic acids is 2. The third kappa shape index (κ3) is 3.77. The second-order valence-electron chi connectivity index (χ2n) is 6.60. The minimum absolute atomic E-state index is 0.0801. The van der Waals surface area contributed by atoms with Crippen LogP contribution < -0.4 is 10.2 Å². The van der Waals surface area contributed by atoms with E-state index in [0.29, 0.717) is 22.2 Å². The molecule has 1 N–H and O–H groups in total. The van der Waals surface area contributed by atoms with Gasteiger partial charge in [0.05, 0.1) is 5.69 Å². The van der Waals surface area contributed by atoms with Crippen LogP contribution in [0.15, 0.2) is 64.6 Å². The van der Waals surface area contributed by atoms with Crippen LogP contribution in [0, 0.1) is 12.7 Å². The molecule has 150 valence electrons. The first-order valence-corrected chi connectivity index (χ1v) is 9.65. The van der Waals surface area contributed by atoms with Crippen molar-refractivity contribution < 1.29 is 18.4 Å². The van der Waals surface area contributed by atoms with Gasteiger partial charge in [-0.3, -0.25) is 19.8 Å². The second-order valence-corrected chi connectivity index (χ2v) is 7.42. The molecule has 0 unspecified atom stereocenters. The van der Waals surface area contributed by atoms with Crippen LogP contribution in [0.3, 0.4) is 0 Å². The van der Waals surface area contributed by atoms with Gasteiger partial charge in [-0.25, -0.2) is 4.39 Å². The van der Waals surface area contributed by atoms with Gasteiger partial charge in [0.1, 0.15) is 22.9 Å². The molecule has 1 aliphatic rings. The summed E-state index contributed by atoms with van der Waals surface area (Å²) in [6.45, 7) is 1.92. The zero-order valence-corrected chi connectivity index (χ0v) is 17.2. The molecule has 3 aromatic rings. The molecule has 2 heterocycles. The van der Waals surface area contributed by atoms with Crippen molar-refractivity contribution in [2.45, 2.75) is 6.92 Å². The van der Waals surface area contributed by atoms with E-state index in [9.17, 15) is 14.0 Å². The Bertz CT molecular complexity index is 1220. The highest BCUT2D eigenvalue weighted by Crippen LogP contribution is 2.29. The standard InChI is InChI=1S/C22H14ClFN2O3S/c1-12-2-3-13(23)10-17(12)19-9-8-16(29-19)11-18-20(27)25-22(30)26(21(18)28)15-6-4-14(24)5-7-15/h2-11H,1H3,(H,25,27,30)/b18-11+. The minimum atomic E-state index is -0.639. The molecule has 1 saturated heterocycles. The first-order valence-electron chi connectivity index (χ1n) is 8.87. The van der Waals surface area contributed by atoms with Crippen LogP contribution in [0.1, 0.15) is 11.3 Å². The predicted octanol–water partition coefficient (Wildman–Crippen LogP) is 4.88. The maximum Gasteiger partial charge on any atom is 0.270 e. The number of nitrogens with zero attached hydrogens (tertiary/aromatic N) is 1. The van der Waals surface area contributed by atoms with Crippen molar-refractivity contribution >= 4 is 52.5 Å². The van der Waals surface area contributed by atoms with Crippen molar-refractivity contribution in [2.24, 2.45) is 0 Å². The van der Waals surface area contributed by atoms with Gasteiger partial charge in [-0.2, -0.15) is 0 Å². The van der Waals surface area contributed by atoms with Gasteiger partial charge in [0.15, 0.2) is 5.11 Å². The zero-order valence-electron chi connectivity index (χ0n) is 15.6. The fourth-order valence-electron chi connectivity index (χ4n) is 3.06. The largest absolute Gasteiger partial charge is 0.457 e. The Hall–Kier alpha value is -3.29. The Labute approximate surface area is 181 Å². The normalized spacial score (nSPS) is 15.6. The third-order valence-corrected chi connectivity index (χ3v) is 5.08. The predicted molar refractivity (Wildman–Crippen MR) is 116 cm³/mol. The van der Waals surface area contributed by atoms with E-state index in [2.05, 4.69) is 5.32 Å². The van der Waals surface area contributed by atoms with Gasteiger partial charge in [-0.1, -0.05) is 17.7 Å². The molecule has 8 heteroatoms. The van der Waals surface area contributed by atoms with Crippen molar-refractivity contribution in [3.63, 3.8) is 0 Å². The van der Waals surface area contributed by atoms with Crippen molar-refractivity contribution in [1.29, 1.82) is 0 Å². The number of nitrogens with one attached hydrogen (secondary N) is 1. The number of hydrogen-bond donors (Lipinski definition) is 1. The number of hydrogen-bond acceptors (Lipinski definition) is 4. The van der Waals surface area contributed by atoms with E-state index in [0.717, 1.165) is 16.0 Å². The van der Waals surface area contributed by atoms with Gasteiger partial charge in [-0.05, 0) is 79.3 Å². The van der Waals surface area contributed by atoms with E-state index < -0.39 is 17.6 Å². The molecule has 2 amide bonds. The smallest absolute Gasteiger partial charge is 0.270 e. The van der Waals surface area contributed by atoms with Crippen LogP contribution in [0.4, 0.5) is 10.1 Å². The lowest BCUT2D eigenvalue weighted by Gasteiger charge is -2.28. The topological polar surface area (TPSA) is 62.6 Å². The average Bonchev–Trinajstić information content (AvgIpc) is 3.17. The molecule has 30 heavy (non-hydrogen) atoms. The molecule has 1 aliphatic heterocycles. The molecule has 1 fully saturated rings. The van der Waals surface area contributed by atoms with Crippen LogP contribution >= 0.6 is 23.8 Å². The molecular weight excluding hydrogens is 427 g/mol. The molecule has 4 rings (SSSR count). The van der Waals surface area contributed by atoms with Crippen LogP contribution in [-0.4, -0.2) is 16.9 Å². The van der Waals surface area contributed by atoms with Gasteiger partial charge in [0.2, 0.25) is 0 Å². The molecule has 0 radical (unpaired) electrons. The first-order chi connectivity index (χ1) is 14.3. The summed E-state index contributed by atoms with van der Waals surface area (Å²) in [7, 11) is 0. The van der Waals surface area contributed by atoms with Crippen molar-refractivity contribution in [3.05, 3.63) is 82.3 Å². The number of rotatable bonds is 3. The Morgan fingerprint density at radius 3 is 2.57 bits per heavy atom. The number of furan rings is 1. The molecular formula is C22H14ClFN2O3S. The van der Waals surface area contributed by atoms with E-state index in [1.54, 1.807) is 24.3 Å². The van der Waals surface area contributed by atoms with E-state index >= 15 is 0 Å². The van der Waals surface area contributed by atoms with E-state index in [-0.39, 0.29) is 10.7 Å². The summed E-state index contributed by atoms with van der Waals surface area (Å²) >= 11 is 11.2. The molecule has 0 aliphatic carbocycles. The summed E-state index contributed by atoms with van der Waals surface area (Å²) < 4.78 is 19.1. The number of halogens is 2. The lowest BCUT2D eigenvalue weighted by atomic mass is 10.1. The Morgan fingerprint density at radius 1 is 1.10 bits per heavy atom. The summed E-state index contributed by atoms with van der Waals surface area (Å²) in [6.07, 6.45) is 1.35. The summed E-state index contributed by atoms with van der Waals surface area (Å²) in [5.41, 5.74) is 1.96. The fourth-order valence-corrected chi connectivity index (χ4v) is 3.51. The number of anilines is 1. The molecule has 2 aromatic carbocycles. The summed E-state index contributed by atoms with van der Waals surface area (Å²) in [5.74, 6) is -0.855. The zero-order chi connectivity index (χ0) is 21.4. The molecule has 0 atom stereocenters. The number of thiocarbonyl (C=S) groups is 1. The second kappa shape index (κ2) is 7.85. The SMILES string of the molecule is Cc1ccc(Cl)cc1-c1ccc(/C=C2\C(=O)NC(=S)N(c3ccc(F)cc3)C2=O)o1. The van der Waals surface area contributed by atoms with Crippen molar-refractivity contribution in [2.75, 3.05) is 4.90 Å². The third-order valence-electron chi connectivity index (χ3n) is 4.56. The summed E-state index contributed by atoms with van der Waals surface area (Å²) in [5, 5.41) is 2.96. The van der Waals surface area contributed by atoms with Crippen LogP contribution in [0.5, 0.6) is 0 Å².